The molecule has 0 aliphatic carbocycles. The summed E-state index contributed by atoms with van der Waals surface area (Å²) >= 11 is 5.99. The van der Waals surface area contributed by atoms with Crippen molar-refractivity contribution in [2.75, 3.05) is 5.32 Å². The van der Waals surface area contributed by atoms with Crippen molar-refractivity contribution in [3.8, 4) is 17.1 Å². The molecule has 0 aliphatic rings. The number of carbonyl (C=O) groups excluding carboxylic acids is 1. The van der Waals surface area contributed by atoms with E-state index in [9.17, 15) is 4.79 Å². The van der Waals surface area contributed by atoms with Crippen molar-refractivity contribution in [3.63, 3.8) is 0 Å². The van der Waals surface area contributed by atoms with Gasteiger partial charge in [-0.25, -0.2) is 9.67 Å². The number of amides is 1. The second kappa shape index (κ2) is 7.66. The topological polar surface area (TPSA) is 59.8 Å². The molecular formula is C22H17ClN4O. The molecule has 3 aromatic carbocycles. The smallest absolute Gasteiger partial charge is 0.295 e. The number of aryl methyl sites for hydroxylation is 1. The zero-order valence-electron chi connectivity index (χ0n) is 15.1. The van der Waals surface area contributed by atoms with Gasteiger partial charge in [-0.1, -0.05) is 66.2 Å². The molecule has 0 radical (unpaired) electrons. The molecule has 4 rings (SSSR count). The summed E-state index contributed by atoms with van der Waals surface area (Å²) in [6.07, 6.45) is 0. The summed E-state index contributed by atoms with van der Waals surface area (Å²) in [5.41, 5.74) is 3.37. The summed E-state index contributed by atoms with van der Waals surface area (Å²) in [5, 5.41) is 7.83. The number of hydrogen-bond donors (Lipinski definition) is 1. The molecule has 1 heterocycles. The van der Waals surface area contributed by atoms with Crippen molar-refractivity contribution in [1.82, 2.24) is 14.8 Å². The molecule has 1 N–H and O–H groups in total. The number of nitrogens with one attached hydrogen (secondary N) is 1. The van der Waals surface area contributed by atoms with E-state index in [1.807, 2.05) is 61.5 Å². The minimum atomic E-state index is -0.396. The van der Waals surface area contributed by atoms with Crippen molar-refractivity contribution >= 4 is 23.2 Å². The van der Waals surface area contributed by atoms with Crippen LogP contribution >= 0.6 is 11.6 Å². The Kier molecular flexibility index (Phi) is 4.91. The van der Waals surface area contributed by atoms with Crippen molar-refractivity contribution in [2.24, 2.45) is 0 Å². The molecule has 0 saturated heterocycles. The summed E-state index contributed by atoms with van der Waals surface area (Å²) in [7, 11) is 0. The van der Waals surface area contributed by atoms with Gasteiger partial charge in [0, 0.05) is 16.3 Å². The van der Waals surface area contributed by atoms with E-state index in [2.05, 4.69) is 15.4 Å². The summed E-state index contributed by atoms with van der Waals surface area (Å²) in [4.78, 5) is 17.3. The van der Waals surface area contributed by atoms with Crippen LogP contribution in [0.4, 0.5) is 5.69 Å². The maximum atomic E-state index is 12.7. The van der Waals surface area contributed by atoms with E-state index in [-0.39, 0.29) is 5.82 Å². The molecule has 0 unspecified atom stereocenters. The van der Waals surface area contributed by atoms with Crippen molar-refractivity contribution in [1.29, 1.82) is 0 Å². The lowest BCUT2D eigenvalue weighted by Crippen LogP contribution is -2.14. The van der Waals surface area contributed by atoms with Gasteiger partial charge in [-0.05, 0) is 36.8 Å². The molecule has 0 spiro atoms. The largest absolute Gasteiger partial charge is 0.319 e. The molecule has 0 saturated carbocycles. The van der Waals surface area contributed by atoms with Gasteiger partial charge < -0.3 is 5.32 Å². The molecule has 138 valence electrons. The average molecular weight is 389 g/mol. The highest BCUT2D eigenvalue weighted by atomic mass is 35.5. The van der Waals surface area contributed by atoms with Gasteiger partial charge in [-0.3, -0.25) is 4.79 Å². The first kappa shape index (κ1) is 17.9. The summed E-state index contributed by atoms with van der Waals surface area (Å²) in [6, 6.07) is 24.5. The Labute approximate surface area is 167 Å². The van der Waals surface area contributed by atoms with E-state index < -0.39 is 5.91 Å². The van der Waals surface area contributed by atoms with Gasteiger partial charge in [0.2, 0.25) is 5.82 Å². The fraction of sp³-hybridized carbons (Fsp3) is 0.0455. The lowest BCUT2D eigenvalue weighted by molar-refractivity contribution is 0.101. The highest BCUT2D eigenvalue weighted by Gasteiger charge is 2.19. The Morgan fingerprint density at radius 2 is 1.71 bits per heavy atom. The third-order valence-electron chi connectivity index (χ3n) is 4.27. The number of halogens is 1. The SMILES string of the molecule is Cc1ccccc1-n1nc(C(=O)Nc2cccc(Cl)c2)nc1-c1ccccc1. The van der Waals surface area contributed by atoms with Crippen LogP contribution in [0.1, 0.15) is 16.2 Å². The quantitative estimate of drug-likeness (QED) is 0.526. The van der Waals surface area contributed by atoms with Crippen LogP contribution in [0.5, 0.6) is 0 Å². The van der Waals surface area contributed by atoms with Gasteiger partial charge in [-0.15, -0.1) is 5.10 Å². The first-order valence-corrected chi connectivity index (χ1v) is 9.15. The van der Waals surface area contributed by atoms with Crippen molar-refractivity contribution in [2.45, 2.75) is 6.92 Å². The fourth-order valence-electron chi connectivity index (χ4n) is 2.90. The molecule has 1 amide bonds. The van der Waals surface area contributed by atoms with Gasteiger partial charge in [0.25, 0.3) is 5.91 Å². The van der Waals surface area contributed by atoms with Crippen LogP contribution in [0.25, 0.3) is 17.1 Å². The van der Waals surface area contributed by atoms with E-state index in [0.717, 1.165) is 16.8 Å². The monoisotopic (exact) mass is 388 g/mol. The van der Waals surface area contributed by atoms with Crippen LogP contribution in [0, 0.1) is 6.92 Å². The molecule has 0 fully saturated rings. The van der Waals surface area contributed by atoms with Crippen LogP contribution < -0.4 is 5.32 Å². The van der Waals surface area contributed by atoms with Gasteiger partial charge in [0.1, 0.15) is 0 Å². The van der Waals surface area contributed by atoms with E-state index in [4.69, 9.17) is 11.6 Å². The third kappa shape index (κ3) is 3.66. The van der Waals surface area contributed by atoms with Gasteiger partial charge in [-0.2, -0.15) is 0 Å². The molecular weight excluding hydrogens is 372 g/mol. The minimum absolute atomic E-state index is 0.0853. The number of rotatable bonds is 4. The Bertz CT molecular complexity index is 1140. The Balaban J connectivity index is 1.77. The predicted molar refractivity (Wildman–Crippen MR) is 111 cm³/mol. The number of nitrogens with zero attached hydrogens (tertiary/aromatic N) is 3. The summed E-state index contributed by atoms with van der Waals surface area (Å²) < 4.78 is 1.71. The zero-order chi connectivity index (χ0) is 19.5. The van der Waals surface area contributed by atoms with Gasteiger partial charge in [0.05, 0.1) is 5.69 Å². The van der Waals surface area contributed by atoms with Gasteiger partial charge in [0.15, 0.2) is 5.82 Å². The van der Waals surface area contributed by atoms with Crippen LogP contribution in [0.15, 0.2) is 78.9 Å². The molecule has 1 aromatic heterocycles. The van der Waals surface area contributed by atoms with E-state index in [1.165, 1.54) is 0 Å². The minimum Gasteiger partial charge on any atom is -0.319 e. The lowest BCUT2D eigenvalue weighted by Gasteiger charge is -2.08. The first-order valence-electron chi connectivity index (χ1n) is 8.77. The van der Waals surface area contributed by atoms with Crippen LogP contribution in [-0.4, -0.2) is 20.7 Å². The molecule has 28 heavy (non-hydrogen) atoms. The Morgan fingerprint density at radius 3 is 2.46 bits per heavy atom. The second-order valence-corrected chi connectivity index (χ2v) is 6.72. The van der Waals surface area contributed by atoms with E-state index in [0.29, 0.717) is 16.5 Å². The molecule has 6 heteroatoms. The molecule has 0 atom stereocenters. The number of anilines is 1. The van der Waals surface area contributed by atoms with Crippen LogP contribution in [0.3, 0.4) is 0 Å². The molecule has 0 aliphatic heterocycles. The number of hydrogen-bond acceptors (Lipinski definition) is 3. The lowest BCUT2D eigenvalue weighted by atomic mass is 10.2. The molecule has 4 aromatic rings. The van der Waals surface area contributed by atoms with Crippen LogP contribution in [0.2, 0.25) is 5.02 Å². The maximum absolute atomic E-state index is 12.7. The highest BCUT2D eigenvalue weighted by molar-refractivity contribution is 6.30. The number of para-hydroxylation sites is 1. The number of carbonyl (C=O) groups is 1. The van der Waals surface area contributed by atoms with Crippen molar-refractivity contribution < 1.29 is 4.79 Å². The summed E-state index contributed by atoms with van der Waals surface area (Å²) in [6.45, 7) is 2.00. The average Bonchev–Trinajstić information content (AvgIpc) is 3.14. The molecule has 5 nitrogen and oxygen atoms in total. The fourth-order valence-corrected chi connectivity index (χ4v) is 3.09. The van der Waals surface area contributed by atoms with E-state index >= 15 is 0 Å². The predicted octanol–water partition coefficient (Wildman–Crippen LogP) is 5.15. The normalized spacial score (nSPS) is 10.6. The number of benzene rings is 3. The Morgan fingerprint density at radius 1 is 0.964 bits per heavy atom. The van der Waals surface area contributed by atoms with Gasteiger partial charge >= 0.3 is 0 Å². The summed E-state index contributed by atoms with van der Waals surface area (Å²) in [5.74, 6) is 0.292. The third-order valence-corrected chi connectivity index (χ3v) is 4.50. The number of aromatic nitrogens is 3. The second-order valence-electron chi connectivity index (χ2n) is 6.29. The molecule has 0 bridgehead atoms. The maximum Gasteiger partial charge on any atom is 0.295 e. The highest BCUT2D eigenvalue weighted by Crippen LogP contribution is 2.23. The van der Waals surface area contributed by atoms with Crippen LogP contribution in [-0.2, 0) is 0 Å². The zero-order valence-corrected chi connectivity index (χ0v) is 15.9. The first-order chi connectivity index (χ1) is 13.6. The Hall–Kier alpha value is -3.44. The van der Waals surface area contributed by atoms with E-state index in [1.54, 1.807) is 28.9 Å². The standard InChI is InChI=1S/C22H17ClN4O/c1-15-8-5-6-13-19(15)27-21(16-9-3-2-4-10-16)25-20(26-27)22(28)24-18-12-7-11-17(23)14-18/h2-14H,1H3,(H,24,28). The van der Waals surface area contributed by atoms with Crippen molar-refractivity contribution in [3.05, 3.63) is 95.3 Å².